The molecule has 1 aromatic carbocycles. The Morgan fingerprint density at radius 1 is 1.17 bits per heavy atom. The van der Waals surface area contributed by atoms with Crippen molar-refractivity contribution in [1.82, 2.24) is 10.3 Å². The molecule has 3 aromatic rings. The number of carbonyl (C=O) groups excluding carboxylic acids is 3. The molecule has 156 valence electrons. The molecule has 0 aliphatic heterocycles. The van der Waals surface area contributed by atoms with Crippen LogP contribution >= 0.6 is 27.3 Å². The number of para-hydroxylation sites is 1. The van der Waals surface area contributed by atoms with Crippen molar-refractivity contribution in [3.63, 3.8) is 0 Å². The van der Waals surface area contributed by atoms with Gasteiger partial charge in [-0.3, -0.25) is 14.4 Å². The van der Waals surface area contributed by atoms with Gasteiger partial charge in [0, 0.05) is 4.47 Å². The number of halogens is 1. The molecule has 2 amide bonds. The van der Waals surface area contributed by atoms with Crippen LogP contribution in [0.2, 0.25) is 0 Å². The quantitative estimate of drug-likeness (QED) is 0.467. The zero-order chi connectivity index (χ0) is 21.5. The van der Waals surface area contributed by atoms with Gasteiger partial charge in [-0.25, -0.2) is 4.98 Å². The Balaban J connectivity index is 1.41. The second kappa shape index (κ2) is 10.2. The van der Waals surface area contributed by atoms with Gasteiger partial charge in [0.2, 0.25) is 11.8 Å². The lowest BCUT2D eigenvalue weighted by atomic mass is 10.3. The largest absolute Gasteiger partial charge is 0.455 e. The number of nitrogens with zero attached hydrogens (tertiary/aromatic N) is 1. The zero-order valence-electron chi connectivity index (χ0n) is 15.9. The van der Waals surface area contributed by atoms with Gasteiger partial charge in [-0.1, -0.05) is 18.2 Å². The van der Waals surface area contributed by atoms with E-state index in [1.54, 1.807) is 25.1 Å². The van der Waals surface area contributed by atoms with Gasteiger partial charge in [-0.05, 0) is 46.4 Å². The number of anilines is 1. The summed E-state index contributed by atoms with van der Waals surface area (Å²) in [5.74, 6) is -0.637. The van der Waals surface area contributed by atoms with E-state index in [1.165, 1.54) is 11.3 Å². The lowest BCUT2D eigenvalue weighted by Gasteiger charge is -2.08. The first-order valence-corrected chi connectivity index (χ1v) is 10.6. The lowest BCUT2D eigenvalue weighted by Crippen LogP contribution is -2.35. The molecule has 0 atom stereocenters. The molecule has 0 saturated heterocycles. The van der Waals surface area contributed by atoms with Crippen molar-refractivity contribution in [2.45, 2.75) is 13.3 Å². The maximum Gasteiger partial charge on any atom is 0.312 e. The molecule has 2 N–H and O–H groups in total. The second-order valence-corrected chi connectivity index (χ2v) is 7.94. The van der Waals surface area contributed by atoms with Crippen LogP contribution in [-0.2, 0) is 25.5 Å². The molecule has 0 spiro atoms. The molecule has 2 aromatic heterocycles. The Bertz CT molecular complexity index is 1050. The summed E-state index contributed by atoms with van der Waals surface area (Å²) in [4.78, 5) is 40.9. The summed E-state index contributed by atoms with van der Waals surface area (Å²) in [6.07, 6.45) is -0.115. The second-order valence-electron chi connectivity index (χ2n) is 6.14. The molecule has 0 radical (unpaired) electrons. The average molecular weight is 492 g/mol. The minimum atomic E-state index is -0.614. The van der Waals surface area contributed by atoms with Gasteiger partial charge in [0.1, 0.15) is 5.76 Å². The fourth-order valence-electron chi connectivity index (χ4n) is 2.42. The molecule has 8 nitrogen and oxygen atoms in total. The Kier molecular flexibility index (Phi) is 7.36. The van der Waals surface area contributed by atoms with E-state index in [0.717, 1.165) is 9.35 Å². The number of rotatable bonds is 8. The van der Waals surface area contributed by atoms with Gasteiger partial charge in [0.05, 0.1) is 29.2 Å². The van der Waals surface area contributed by atoms with Gasteiger partial charge in [-0.15, -0.1) is 11.3 Å². The van der Waals surface area contributed by atoms with E-state index in [9.17, 15) is 14.4 Å². The normalized spacial score (nSPS) is 10.5. The molecule has 0 aliphatic carbocycles. The van der Waals surface area contributed by atoms with Crippen LogP contribution in [0.3, 0.4) is 0 Å². The Hall–Kier alpha value is -2.98. The maximum atomic E-state index is 12.0. The molecular weight excluding hydrogens is 474 g/mol. The molecule has 2 heterocycles. The van der Waals surface area contributed by atoms with E-state index < -0.39 is 24.4 Å². The van der Waals surface area contributed by atoms with Crippen LogP contribution < -0.4 is 10.6 Å². The molecule has 0 saturated carbocycles. The van der Waals surface area contributed by atoms with Gasteiger partial charge in [0.25, 0.3) is 5.91 Å². The summed E-state index contributed by atoms with van der Waals surface area (Å²) >= 11 is 4.80. The van der Waals surface area contributed by atoms with Crippen LogP contribution in [0, 0.1) is 6.92 Å². The summed E-state index contributed by atoms with van der Waals surface area (Å²) in [6.45, 7) is 0.975. The van der Waals surface area contributed by atoms with Gasteiger partial charge >= 0.3 is 5.97 Å². The van der Waals surface area contributed by atoms with Crippen molar-refractivity contribution >= 4 is 50.7 Å². The van der Waals surface area contributed by atoms with Crippen molar-refractivity contribution in [3.05, 3.63) is 57.7 Å². The number of amides is 2. The van der Waals surface area contributed by atoms with Crippen molar-refractivity contribution in [3.8, 4) is 10.8 Å². The third kappa shape index (κ3) is 6.01. The number of esters is 1. The van der Waals surface area contributed by atoms with Crippen molar-refractivity contribution in [2.24, 2.45) is 0 Å². The number of aromatic nitrogens is 1. The van der Waals surface area contributed by atoms with Gasteiger partial charge < -0.3 is 19.8 Å². The topological polar surface area (TPSA) is 111 Å². The van der Waals surface area contributed by atoms with Crippen LogP contribution in [0.4, 0.5) is 5.69 Å². The highest BCUT2D eigenvalue weighted by Crippen LogP contribution is 2.26. The number of hydrogen-bond acceptors (Lipinski definition) is 7. The van der Waals surface area contributed by atoms with E-state index in [0.29, 0.717) is 23.0 Å². The van der Waals surface area contributed by atoms with Gasteiger partial charge in [-0.2, -0.15) is 0 Å². The molecule has 0 aliphatic rings. The van der Waals surface area contributed by atoms with E-state index in [2.05, 4.69) is 31.5 Å². The molecule has 3 rings (SSSR count). The maximum absolute atomic E-state index is 12.0. The predicted molar refractivity (Wildman–Crippen MR) is 115 cm³/mol. The highest BCUT2D eigenvalue weighted by molar-refractivity contribution is 9.10. The summed E-state index contributed by atoms with van der Waals surface area (Å²) in [7, 11) is 0. The Labute approximate surface area is 184 Å². The number of ether oxygens (including phenoxy) is 1. The monoisotopic (exact) mass is 491 g/mol. The van der Waals surface area contributed by atoms with Crippen molar-refractivity contribution in [2.75, 3.05) is 18.5 Å². The fourth-order valence-corrected chi connectivity index (χ4v) is 3.45. The van der Waals surface area contributed by atoms with Crippen LogP contribution in [-0.4, -0.2) is 35.9 Å². The molecule has 0 bridgehead atoms. The summed E-state index contributed by atoms with van der Waals surface area (Å²) in [6, 6.07) is 10.9. The molecule has 30 heavy (non-hydrogen) atoms. The van der Waals surface area contributed by atoms with Crippen molar-refractivity contribution < 1.29 is 23.5 Å². The number of aryl methyl sites for hydroxylation is 1. The van der Waals surface area contributed by atoms with E-state index in [-0.39, 0.29) is 13.0 Å². The number of carbonyl (C=O) groups is 3. The number of benzene rings is 1. The van der Waals surface area contributed by atoms with Crippen LogP contribution in [0.25, 0.3) is 10.8 Å². The first-order chi connectivity index (χ1) is 14.4. The smallest absolute Gasteiger partial charge is 0.312 e. The predicted octanol–water partition coefficient (Wildman–Crippen LogP) is 3.31. The summed E-state index contributed by atoms with van der Waals surface area (Å²) in [5, 5.41) is 6.96. The fraction of sp³-hybridized carbons (Fsp3) is 0.200. The van der Waals surface area contributed by atoms with Crippen molar-refractivity contribution in [1.29, 1.82) is 0 Å². The first kappa shape index (κ1) is 21.7. The minimum absolute atomic E-state index is 0.115. The summed E-state index contributed by atoms with van der Waals surface area (Å²) in [5.41, 5.74) is 1.05. The van der Waals surface area contributed by atoms with Gasteiger partial charge in [0.15, 0.2) is 6.61 Å². The summed E-state index contributed by atoms with van der Waals surface area (Å²) < 4.78 is 11.3. The van der Waals surface area contributed by atoms with Crippen LogP contribution in [0.5, 0.6) is 0 Å². The highest BCUT2D eigenvalue weighted by atomic mass is 79.9. The molecular formula is C20H18BrN3O5S. The lowest BCUT2D eigenvalue weighted by molar-refractivity contribution is -0.148. The number of oxazole rings is 1. The van der Waals surface area contributed by atoms with E-state index in [1.807, 2.05) is 23.6 Å². The van der Waals surface area contributed by atoms with E-state index >= 15 is 0 Å². The molecule has 0 unspecified atom stereocenters. The zero-order valence-corrected chi connectivity index (χ0v) is 18.3. The molecule has 0 fully saturated rings. The third-order valence-electron chi connectivity index (χ3n) is 3.89. The Morgan fingerprint density at radius 2 is 1.97 bits per heavy atom. The third-order valence-corrected chi connectivity index (χ3v) is 5.44. The number of hydrogen-bond donors (Lipinski definition) is 2. The van der Waals surface area contributed by atoms with Crippen LogP contribution in [0.1, 0.15) is 11.5 Å². The minimum Gasteiger partial charge on any atom is -0.455 e. The number of nitrogens with one attached hydrogen (secondary N) is 2. The SMILES string of the molecule is Cc1oc(-c2cccs2)nc1CC(=O)OCC(=O)NCC(=O)Nc1ccccc1Br. The molecule has 10 heteroatoms. The Morgan fingerprint density at radius 3 is 2.70 bits per heavy atom. The highest BCUT2D eigenvalue weighted by Gasteiger charge is 2.17. The average Bonchev–Trinajstić information content (AvgIpc) is 3.37. The van der Waals surface area contributed by atoms with E-state index in [4.69, 9.17) is 9.15 Å². The first-order valence-electron chi connectivity index (χ1n) is 8.89. The number of thiophene rings is 1. The van der Waals surface area contributed by atoms with Crippen LogP contribution in [0.15, 0.2) is 50.7 Å². The standard InChI is InChI=1S/C20H18BrN3O5S/c1-12-15(24-20(29-12)16-7-4-8-30-16)9-19(27)28-11-18(26)22-10-17(25)23-14-6-3-2-5-13(14)21/h2-8H,9-11H2,1H3,(H,22,26)(H,23,25).